The third kappa shape index (κ3) is 3.95. The van der Waals surface area contributed by atoms with Gasteiger partial charge in [-0.25, -0.2) is 4.98 Å². The standard InChI is InChI=1S/C14H20N4O/c1-10(2)12-8-11(9-13(16-3)17-12)14(19)18(4)7-5-6-15/h8-10H,5,7H2,1-4H3,(H,16,17). The predicted molar refractivity (Wildman–Crippen MR) is 75.1 cm³/mol. The average molecular weight is 260 g/mol. The van der Waals surface area contributed by atoms with Crippen molar-refractivity contribution in [2.24, 2.45) is 0 Å². The van der Waals surface area contributed by atoms with Crippen LogP contribution in [0.5, 0.6) is 0 Å². The van der Waals surface area contributed by atoms with Crippen molar-refractivity contribution in [3.05, 3.63) is 23.4 Å². The highest BCUT2D eigenvalue weighted by Crippen LogP contribution is 2.18. The van der Waals surface area contributed by atoms with E-state index in [-0.39, 0.29) is 11.8 Å². The molecule has 0 aromatic carbocycles. The maximum Gasteiger partial charge on any atom is 0.253 e. The number of anilines is 1. The van der Waals surface area contributed by atoms with Gasteiger partial charge in [0.2, 0.25) is 0 Å². The van der Waals surface area contributed by atoms with Crippen LogP contribution in [0.2, 0.25) is 0 Å². The number of rotatable bonds is 5. The molecular formula is C14H20N4O. The van der Waals surface area contributed by atoms with Gasteiger partial charge in [0.05, 0.1) is 12.5 Å². The molecule has 0 atom stereocenters. The third-order valence-corrected chi connectivity index (χ3v) is 2.85. The van der Waals surface area contributed by atoms with Crippen molar-refractivity contribution in [1.82, 2.24) is 9.88 Å². The molecule has 0 radical (unpaired) electrons. The zero-order valence-electron chi connectivity index (χ0n) is 11.9. The van der Waals surface area contributed by atoms with Gasteiger partial charge in [0.1, 0.15) is 5.82 Å². The number of carbonyl (C=O) groups excluding carboxylic acids is 1. The van der Waals surface area contributed by atoms with E-state index in [1.165, 1.54) is 0 Å². The zero-order chi connectivity index (χ0) is 14.4. The van der Waals surface area contributed by atoms with Crippen LogP contribution in [-0.4, -0.2) is 36.4 Å². The fourth-order valence-electron chi connectivity index (χ4n) is 1.64. The summed E-state index contributed by atoms with van der Waals surface area (Å²) < 4.78 is 0. The van der Waals surface area contributed by atoms with Crippen LogP contribution < -0.4 is 5.32 Å². The number of nitrogens with one attached hydrogen (secondary N) is 1. The first-order chi connectivity index (χ1) is 8.99. The van der Waals surface area contributed by atoms with E-state index in [9.17, 15) is 4.79 Å². The Hall–Kier alpha value is -2.09. The third-order valence-electron chi connectivity index (χ3n) is 2.85. The first-order valence-corrected chi connectivity index (χ1v) is 6.31. The molecule has 0 spiro atoms. The largest absolute Gasteiger partial charge is 0.373 e. The van der Waals surface area contributed by atoms with E-state index >= 15 is 0 Å². The molecule has 1 aromatic heterocycles. The summed E-state index contributed by atoms with van der Waals surface area (Å²) in [5.74, 6) is 0.851. The summed E-state index contributed by atoms with van der Waals surface area (Å²) in [5.41, 5.74) is 1.48. The Morgan fingerprint density at radius 1 is 1.53 bits per heavy atom. The Kier molecular flexibility index (Phi) is 5.31. The summed E-state index contributed by atoms with van der Waals surface area (Å²) in [6.07, 6.45) is 0.337. The molecule has 19 heavy (non-hydrogen) atoms. The van der Waals surface area contributed by atoms with Crippen LogP contribution in [0.3, 0.4) is 0 Å². The summed E-state index contributed by atoms with van der Waals surface area (Å²) in [5, 5.41) is 11.5. The Balaban J connectivity index is 3.02. The first-order valence-electron chi connectivity index (χ1n) is 6.31. The van der Waals surface area contributed by atoms with Crippen LogP contribution in [0.4, 0.5) is 5.82 Å². The molecule has 1 amide bonds. The molecule has 0 saturated carbocycles. The van der Waals surface area contributed by atoms with Gasteiger partial charge in [-0.05, 0) is 18.1 Å². The van der Waals surface area contributed by atoms with Crippen LogP contribution in [0.15, 0.2) is 12.1 Å². The summed E-state index contributed by atoms with van der Waals surface area (Å²) in [6, 6.07) is 5.59. The van der Waals surface area contributed by atoms with Crippen LogP contribution in [0.1, 0.15) is 42.2 Å². The summed E-state index contributed by atoms with van der Waals surface area (Å²) in [4.78, 5) is 18.2. The van der Waals surface area contributed by atoms with E-state index in [4.69, 9.17) is 5.26 Å². The van der Waals surface area contributed by atoms with E-state index < -0.39 is 0 Å². The number of carbonyl (C=O) groups is 1. The van der Waals surface area contributed by atoms with E-state index in [1.807, 2.05) is 26.0 Å². The molecule has 0 fully saturated rings. The number of aromatic nitrogens is 1. The molecule has 1 N–H and O–H groups in total. The Morgan fingerprint density at radius 2 is 2.21 bits per heavy atom. The predicted octanol–water partition coefficient (Wildman–Crippen LogP) is 2.23. The first kappa shape index (κ1) is 15.0. The van der Waals surface area contributed by atoms with Gasteiger partial charge in [0, 0.05) is 31.9 Å². The lowest BCUT2D eigenvalue weighted by atomic mass is 10.1. The topological polar surface area (TPSA) is 69.0 Å². The Morgan fingerprint density at radius 3 is 2.74 bits per heavy atom. The van der Waals surface area contributed by atoms with Crippen LogP contribution in [-0.2, 0) is 0 Å². The molecule has 1 heterocycles. The second kappa shape index (κ2) is 6.74. The van der Waals surface area contributed by atoms with Crippen LogP contribution in [0.25, 0.3) is 0 Å². The number of hydrogen-bond acceptors (Lipinski definition) is 4. The second-order valence-electron chi connectivity index (χ2n) is 4.71. The van der Waals surface area contributed by atoms with Crippen LogP contribution >= 0.6 is 0 Å². The maximum absolute atomic E-state index is 12.3. The highest BCUT2D eigenvalue weighted by molar-refractivity contribution is 5.94. The molecule has 0 unspecified atom stereocenters. The minimum absolute atomic E-state index is 0.0870. The SMILES string of the molecule is CNc1cc(C(=O)N(C)CCC#N)cc(C(C)C)n1. The minimum Gasteiger partial charge on any atom is -0.373 e. The van der Waals surface area contributed by atoms with E-state index in [0.29, 0.717) is 24.3 Å². The minimum atomic E-state index is -0.0870. The number of hydrogen-bond donors (Lipinski definition) is 1. The zero-order valence-corrected chi connectivity index (χ0v) is 11.9. The Bertz CT molecular complexity index is 491. The lowest BCUT2D eigenvalue weighted by Crippen LogP contribution is -2.27. The van der Waals surface area contributed by atoms with E-state index in [0.717, 1.165) is 5.69 Å². The molecule has 0 aliphatic heterocycles. The smallest absolute Gasteiger partial charge is 0.253 e. The van der Waals surface area contributed by atoms with Gasteiger partial charge < -0.3 is 10.2 Å². The van der Waals surface area contributed by atoms with Gasteiger partial charge in [-0.1, -0.05) is 13.8 Å². The molecule has 1 rings (SSSR count). The molecule has 5 heteroatoms. The van der Waals surface area contributed by atoms with Crippen molar-refractivity contribution in [2.75, 3.05) is 26.0 Å². The molecule has 102 valence electrons. The maximum atomic E-state index is 12.3. The average Bonchev–Trinajstić information content (AvgIpc) is 2.43. The summed E-state index contributed by atoms with van der Waals surface area (Å²) in [7, 11) is 3.48. The van der Waals surface area contributed by atoms with Gasteiger partial charge in [-0.3, -0.25) is 4.79 Å². The molecule has 0 aliphatic rings. The summed E-state index contributed by atoms with van der Waals surface area (Å²) >= 11 is 0. The van der Waals surface area contributed by atoms with Crippen molar-refractivity contribution in [1.29, 1.82) is 5.26 Å². The Labute approximate surface area is 114 Å². The lowest BCUT2D eigenvalue weighted by Gasteiger charge is -2.17. The normalized spacial score (nSPS) is 10.1. The van der Waals surface area contributed by atoms with E-state index in [1.54, 1.807) is 25.1 Å². The fourth-order valence-corrected chi connectivity index (χ4v) is 1.64. The molecule has 5 nitrogen and oxygen atoms in total. The molecule has 0 aliphatic carbocycles. The van der Waals surface area contributed by atoms with Gasteiger partial charge in [-0.15, -0.1) is 0 Å². The second-order valence-corrected chi connectivity index (χ2v) is 4.71. The van der Waals surface area contributed by atoms with Gasteiger partial charge in [0.25, 0.3) is 5.91 Å². The number of nitriles is 1. The lowest BCUT2D eigenvalue weighted by molar-refractivity contribution is 0.0798. The van der Waals surface area contributed by atoms with Gasteiger partial charge >= 0.3 is 0 Å². The highest BCUT2D eigenvalue weighted by atomic mass is 16.2. The van der Waals surface area contributed by atoms with Crippen LogP contribution in [0, 0.1) is 11.3 Å². The monoisotopic (exact) mass is 260 g/mol. The van der Waals surface area contributed by atoms with Gasteiger partial charge in [0.15, 0.2) is 0 Å². The van der Waals surface area contributed by atoms with E-state index in [2.05, 4.69) is 10.3 Å². The molecule has 1 aromatic rings. The van der Waals surface area contributed by atoms with Gasteiger partial charge in [-0.2, -0.15) is 5.26 Å². The van der Waals surface area contributed by atoms with Crippen molar-refractivity contribution < 1.29 is 4.79 Å². The molecular weight excluding hydrogens is 240 g/mol. The summed E-state index contributed by atoms with van der Waals surface area (Å²) in [6.45, 7) is 4.51. The number of pyridine rings is 1. The van der Waals surface area contributed by atoms with Crippen molar-refractivity contribution in [3.63, 3.8) is 0 Å². The molecule has 0 bridgehead atoms. The van der Waals surface area contributed by atoms with Crippen molar-refractivity contribution in [2.45, 2.75) is 26.2 Å². The number of amides is 1. The fraction of sp³-hybridized carbons (Fsp3) is 0.500. The number of nitrogens with zero attached hydrogens (tertiary/aromatic N) is 3. The highest BCUT2D eigenvalue weighted by Gasteiger charge is 2.15. The van der Waals surface area contributed by atoms with Crippen molar-refractivity contribution >= 4 is 11.7 Å². The quantitative estimate of drug-likeness (QED) is 0.881. The molecule has 0 saturated heterocycles. The van der Waals surface area contributed by atoms with Crippen molar-refractivity contribution in [3.8, 4) is 6.07 Å².